The summed E-state index contributed by atoms with van der Waals surface area (Å²) in [6, 6.07) is 0. The van der Waals surface area contributed by atoms with Crippen molar-refractivity contribution in [1.29, 1.82) is 0 Å². The third-order valence-electron chi connectivity index (χ3n) is 2.70. The highest BCUT2D eigenvalue weighted by molar-refractivity contribution is 5.24. The third kappa shape index (κ3) is 6.95. The van der Waals surface area contributed by atoms with Crippen LogP contribution in [-0.2, 0) is 0 Å². The van der Waals surface area contributed by atoms with E-state index in [9.17, 15) is 4.48 Å². The molecule has 2 nitrogen and oxygen atoms in total. The van der Waals surface area contributed by atoms with Crippen LogP contribution in [0.15, 0.2) is 36.1 Å². The summed E-state index contributed by atoms with van der Waals surface area (Å²) < 4.78 is 12.7. The average Bonchev–Trinajstić information content (AvgIpc) is 2.30. The number of hydrogen-bond acceptors (Lipinski definition) is 2. The maximum absolute atomic E-state index is 12.7. The SMILES string of the molecule is C=C/C=C\C(C)=C(/C)N(CCC)CCN(C)F. The van der Waals surface area contributed by atoms with Gasteiger partial charge in [0.1, 0.15) is 0 Å². The molecule has 3 heteroatoms. The van der Waals surface area contributed by atoms with Crippen molar-refractivity contribution in [3.8, 4) is 0 Å². The van der Waals surface area contributed by atoms with Gasteiger partial charge in [0.25, 0.3) is 0 Å². The van der Waals surface area contributed by atoms with Crippen molar-refractivity contribution < 1.29 is 4.48 Å². The fourth-order valence-corrected chi connectivity index (χ4v) is 1.56. The highest BCUT2D eigenvalue weighted by Gasteiger charge is 2.07. The standard InChI is InChI=1S/C14H25FN2/c1-6-8-9-13(3)14(4)17(10-7-2)12-11-16(5)15/h6,8-9H,1,7,10-12H2,2-5H3/b9-8-,14-13+. The molecular weight excluding hydrogens is 215 g/mol. The molecule has 0 saturated carbocycles. The molecule has 0 aromatic heterocycles. The quantitative estimate of drug-likeness (QED) is 0.473. The van der Waals surface area contributed by atoms with Crippen LogP contribution >= 0.6 is 0 Å². The van der Waals surface area contributed by atoms with Gasteiger partial charge in [-0.1, -0.05) is 31.7 Å². The van der Waals surface area contributed by atoms with Crippen molar-refractivity contribution in [1.82, 2.24) is 10.0 Å². The van der Waals surface area contributed by atoms with Crippen LogP contribution in [0.1, 0.15) is 27.2 Å². The number of rotatable bonds is 8. The Bertz CT molecular complexity index is 280. The molecule has 98 valence electrons. The van der Waals surface area contributed by atoms with Crippen LogP contribution in [0.3, 0.4) is 0 Å². The summed E-state index contributed by atoms with van der Waals surface area (Å²) in [5, 5.41) is 0.727. The van der Waals surface area contributed by atoms with E-state index in [-0.39, 0.29) is 0 Å². The van der Waals surface area contributed by atoms with Gasteiger partial charge >= 0.3 is 0 Å². The summed E-state index contributed by atoms with van der Waals surface area (Å²) in [5.74, 6) is 0. The predicted molar refractivity (Wildman–Crippen MR) is 73.3 cm³/mol. The van der Waals surface area contributed by atoms with Gasteiger partial charge in [0.15, 0.2) is 0 Å². The minimum atomic E-state index is 0.426. The molecule has 0 heterocycles. The number of likely N-dealkylation sites (N-methyl/N-ethyl adjacent to an activating group) is 1. The zero-order chi connectivity index (χ0) is 13.3. The summed E-state index contributed by atoms with van der Waals surface area (Å²) in [4.78, 5) is 2.22. The van der Waals surface area contributed by atoms with E-state index in [1.165, 1.54) is 18.3 Å². The van der Waals surface area contributed by atoms with E-state index < -0.39 is 0 Å². The predicted octanol–water partition coefficient (Wildman–Crippen LogP) is 3.55. The largest absolute Gasteiger partial charge is 0.373 e. The van der Waals surface area contributed by atoms with Gasteiger partial charge in [-0.15, -0.1) is 9.60 Å². The van der Waals surface area contributed by atoms with Crippen molar-refractivity contribution in [3.63, 3.8) is 0 Å². The maximum atomic E-state index is 12.7. The second-order valence-electron chi connectivity index (χ2n) is 4.18. The maximum Gasteiger partial charge on any atom is 0.0463 e. The zero-order valence-electron chi connectivity index (χ0n) is 11.5. The third-order valence-corrected chi connectivity index (χ3v) is 2.70. The first kappa shape index (κ1) is 15.9. The van der Waals surface area contributed by atoms with Crippen LogP contribution in [0.25, 0.3) is 0 Å². The fraction of sp³-hybridized carbons (Fsp3) is 0.571. The van der Waals surface area contributed by atoms with E-state index >= 15 is 0 Å². The van der Waals surface area contributed by atoms with Gasteiger partial charge in [-0.3, -0.25) is 0 Å². The lowest BCUT2D eigenvalue weighted by Crippen LogP contribution is -2.30. The Balaban J connectivity index is 4.66. The Morgan fingerprint density at radius 1 is 1.24 bits per heavy atom. The summed E-state index contributed by atoms with van der Waals surface area (Å²) in [6.45, 7) is 12.0. The van der Waals surface area contributed by atoms with E-state index in [0.717, 1.165) is 18.1 Å². The molecule has 0 aromatic rings. The molecule has 0 aliphatic carbocycles. The van der Waals surface area contributed by atoms with Crippen LogP contribution < -0.4 is 0 Å². The van der Waals surface area contributed by atoms with Crippen molar-refractivity contribution in [2.75, 3.05) is 26.7 Å². The van der Waals surface area contributed by atoms with Crippen molar-refractivity contribution in [2.45, 2.75) is 27.2 Å². The Morgan fingerprint density at radius 2 is 1.88 bits per heavy atom. The number of halogens is 1. The lowest BCUT2D eigenvalue weighted by molar-refractivity contribution is 0.0510. The monoisotopic (exact) mass is 240 g/mol. The topological polar surface area (TPSA) is 6.48 Å². The molecule has 0 bridgehead atoms. The summed E-state index contributed by atoms with van der Waals surface area (Å²) >= 11 is 0. The second-order valence-corrected chi connectivity index (χ2v) is 4.18. The van der Waals surface area contributed by atoms with Crippen LogP contribution in [0.2, 0.25) is 0 Å². The van der Waals surface area contributed by atoms with Crippen molar-refractivity contribution in [3.05, 3.63) is 36.1 Å². The first-order valence-electron chi connectivity index (χ1n) is 6.11. The van der Waals surface area contributed by atoms with Gasteiger partial charge in [0.05, 0.1) is 0 Å². The molecule has 0 aromatic carbocycles. The van der Waals surface area contributed by atoms with E-state index in [2.05, 4.69) is 32.3 Å². The highest BCUT2D eigenvalue weighted by atomic mass is 19.2. The lowest BCUT2D eigenvalue weighted by Gasteiger charge is -2.26. The van der Waals surface area contributed by atoms with E-state index in [1.807, 2.05) is 12.2 Å². The van der Waals surface area contributed by atoms with E-state index in [0.29, 0.717) is 13.1 Å². The van der Waals surface area contributed by atoms with Crippen LogP contribution in [0.5, 0.6) is 0 Å². The van der Waals surface area contributed by atoms with Gasteiger partial charge in [-0.05, 0) is 25.8 Å². The van der Waals surface area contributed by atoms with Crippen molar-refractivity contribution >= 4 is 0 Å². The summed E-state index contributed by atoms with van der Waals surface area (Å²) in [7, 11) is 1.45. The Labute approximate surface area is 105 Å². The number of allylic oxidation sites excluding steroid dienone is 5. The Hall–Kier alpha value is -1.09. The first-order valence-corrected chi connectivity index (χ1v) is 6.11. The minimum absolute atomic E-state index is 0.426. The Kier molecular flexibility index (Phi) is 8.42. The Morgan fingerprint density at radius 3 is 2.35 bits per heavy atom. The molecule has 17 heavy (non-hydrogen) atoms. The normalized spacial score (nSPS) is 13.1. The van der Waals surface area contributed by atoms with Gasteiger partial charge in [-0.25, -0.2) is 0 Å². The molecule has 0 rings (SSSR count). The molecule has 0 saturated heterocycles. The molecule has 0 atom stereocenters. The summed E-state index contributed by atoms with van der Waals surface area (Å²) in [6.07, 6.45) is 6.77. The van der Waals surface area contributed by atoms with Crippen LogP contribution in [-0.4, -0.2) is 36.7 Å². The number of hydrogen-bond donors (Lipinski definition) is 0. The molecule has 0 spiro atoms. The van der Waals surface area contributed by atoms with E-state index in [4.69, 9.17) is 0 Å². The zero-order valence-corrected chi connectivity index (χ0v) is 11.5. The average molecular weight is 240 g/mol. The number of nitrogens with zero attached hydrogens (tertiary/aromatic N) is 2. The van der Waals surface area contributed by atoms with Gasteiger partial charge in [0, 0.05) is 32.4 Å². The van der Waals surface area contributed by atoms with Crippen LogP contribution in [0.4, 0.5) is 4.48 Å². The van der Waals surface area contributed by atoms with Crippen LogP contribution in [0, 0.1) is 0 Å². The highest BCUT2D eigenvalue weighted by Crippen LogP contribution is 2.11. The van der Waals surface area contributed by atoms with Gasteiger partial charge in [0.2, 0.25) is 0 Å². The first-order chi connectivity index (χ1) is 8.02. The molecule has 0 aliphatic heterocycles. The smallest absolute Gasteiger partial charge is 0.0463 e. The van der Waals surface area contributed by atoms with E-state index in [1.54, 1.807) is 6.08 Å². The van der Waals surface area contributed by atoms with Crippen molar-refractivity contribution in [2.24, 2.45) is 0 Å². The molecule has 0 radical (unpaired) electrons. The fourth-order valence-electron chi connectivity index (χ4n) is 1.56. The molecule has 0 amide bonds. The summed E-state index contributed by atoms with van der Waals surface area (Å²) in [5.41, 5.74) is 2.40. The minimum Gasteiger partial charge on any atom is -0.373 e. The van der Waals surface area contributed by atoms with Gasteiger partial charge < -0.3 is 4.90 Å². The molecule has 0 unspecified atom stereocenters. The molecule has 0 N–H and O–H groups in total. The lowest BCUT2D eigenvalue weighted by atomic mass is 10.2. The molecular formula is C14H25FN2. The molecule has 0 aliphatic rings. The molecule has 0 fully saturated rings. The van der Waals surface area contributed by atoms with Gasteiger partial charge in [-0.2, -0.15) is 0 Å². The second kappa shape index (κ2) is 8.99.